The van der Waals surface area contributed by atoms with Crippen LogP contribution in [-0.4, -0.2) is 98.0 Å². The first-order valence-corrected chi connectivity index (χ1v) is 17.4. The first-order chi connectivity index (χ1) is 20.7. The van der Waals surface area contributed by atoms with Crippen LogP contribution in [0.3, 0.4) is 0 Å². The molecule has 2 saturated heterocycles. The van der Waals surface area contributed by atoms with Gasteiger partial charge in [0, 0.05) is 64.8 Å². The van der Waals surface area contributed by atoms with E-state index in [2.05, 4.69) is 21.3 Å². The zero-order valence-electron chi connectivity index (χ0n) is 25.2. The highest BCUT2D eigenvalue weighted by Crippen LogP contribution is 2.38. The second kappa shape index (κ2) is 14.2. The molecule has 0 aliphatic carbocycles. The Labute approximate surface area is 255 Å². The molecule has 10 nitrogen and oxygen atoms in total. The van der Waals surface area contributed by atoms with E-state index >= 15 is 0 Å². The Kier molecular flexibility index (Phi) is 10.4. The van der Waals surface area contributed by atoms with Gasteiger partial charge in [0.25, 0.3) is 0 Å². The lowest BCUT2D eigenvalue weighted by Crippen LogP contribution is -2.53. The highest BCUT2D eigenvalue weighted by Gasteiger charge is 2.43. The summed E-state index contributed by atoms with van der Waals surface area (Å²) in [5.74, 6) is 0.510. The number of carbonyl (C=O) groups excluding carboxylic acids is 2. The third-order valence-corrected chi connectivity index (χ3v) is 10.5. The molecule has 5 rings (SSSR count). The number of rotatable bonds is 4. The molecule has 1 atom stereocenters. The molecule has 1 unspecified atom stereocenters. The summed E-state index contributed by atoms with van der Waals surface area (Å²) in [6.07, 6.45) is 10.3. The fourth-order valence-corrected chi connectivity index (χ4v) is 7.54. The molecular weight excluding hydrogens is 566 g/mol. The lowest BCUT2D eigenvalue weighted by molar-refractivity contribution is -0.144. The maximum atomic E-state index is 13.9. The van der Waals surface area contributed by atoms with E-state index in [-0.39, 0.29) is 18.4 Å². The minimum Gasteiger partial charge on any atom is -0.493 e. The number of amides is 2. The summed E-state index contributed by atoms with van der Waals surface area (Å²) in [6, 6.07) is 12.1. The molecule has 1 N–H and O–H groups in total. The van der Waals surface area contributed by atoms with Gasteiger partial charge in [0.1, 0.15) is 5.75 Å². The van der Waals surface area contributed by atoms with Crippen molar-refractivity contribution in [3.8, 4) is 5.75 Å². The number of benzene rings is 1. The van der Waals surface area contributed by atoms with Crippen LogP contribution >= 0.6 is 0 Å². The minimum absolute atomic E-state index is 0.0274. The van der Waals surface area contributed by atoms with Crippen molar-refractivity contribution in [2.24, 2.45) is 11.3 Å². The molecule has 2 fully saturated rings. The van der Waals surface area contributed by atoms with Crippen molar-refractivity contribution in [1.82, 2.24) is 24.4 Å². The molecular formula is C32H45N5O5S. The predicted octanol–water partition coefficient (Wildman–Crippen LogP) is 2.70. The number of likely N-dealkylation sites (tertiary alicyclic amines) is 1. The van der Waals surface area contributed by atoms with Gasteiger partial charge in [0.15, 0.2) is 0 Å². The number of pyridine rings is 1. The van der Waals surface area contributed by atoms with Gasteiger partial charge < -0.3 is 15.0 Å². The molecule has 11 heteroatoms. The summed E-state index contributed by atoms with van der Waals surface area (Å²) in [6.45, 7) is 4.25. The average molecular weight is 612 g/mol. The number of nitrogens with one attached hydrogen (secondary N) is 1. The number of aromatic nitrogens is 1. The van der Waals surface area contributed by atoms with Gasteiger partial charge in [-0.2, -0.15) is 0 Å². The zero-order chi connectivity index (χ0) is 30.3. The van der Waals surface area contributed by atoms with E-state index in [4.69, 9.17) is 4.74 Å². The van der Waals surface area contributed by atoms with Gasteiger partial charge in [-0.15, -0.1) is 0 Å². The van der Waals surface area contributed by atoms with Crippen LogP contribution in [0.2, 0.25) is 0 Å². The Hall–Kier alpha value is -3.02. The van der Waals surface area contributed by atoms with E-state index in [0.29, 0.717) is 65.3 Å². The molecule has 0 radical (unpaired) electrons. The number of aryl methyl sites for hydroxylation is 1. The maximum Gasteiger partial charge on any atom is 0.228 e. The molecule has 234 valence electrons. The molecule has 3 aliphatic heterocycles. The number of hydrogen-bond donors (Lipinski definition) is 1. The molecule has 4 heterocycles. The van der Waals surface area contributed by atoms with E-state index in [1.807, 2.05) is 41.4 Å². The van der Waals surface area contributed by atoms with Gasteiger partial charge in [0.2, 0.25) is 21.8 Å². The smallest absolute Gasteiger partial charge is 0.228 e. The third kappa shape index (κ3) is 8.13. The monoisotopic (exact) mass is 611 g/mol. The molecule has 1 aromatic heterocycles. The highest BCUT2D eigenvalue weighted by molar-refractivity contribution is 7.88. The van der Waals surface area contributed by atoms with E-state index in [0.717, 1.165) is 43.4 Å². The van der Waals surface area contributed by atoms with Crippen molar-refractivity contribution < 1.29 is 22.7 Å². The van der Waals surface area contributed by atoms with E-state index in [9.17, 15) is 18.0 Å². The Morgan fingerprint density at radius 3 is 2.60 bits per heavy atom. The number of carbonyl (C=O) groups is 2. The topological polar surface area (TPSA) is 112 Å². The number of para-hydroxylation sites is 1. The van der Waals surface area contributed by atoms with E-state index in [1.54, 1.807) is 6.20 Å². The Morgan fingerprint density at radius 1 is 1.02 bits per heavy atom. The summed E-state index contributed by atoms with van der Waals surface area (Å²) in [5, 5.41) is 3.16. The van der Waals surface area contributed by atoms with Crippen LogP contribution in [0.25, 0.3) is 0 Å². The van der Waals surface area contributed by atoms with Gasteiger partial charge in [-0.25, -0.2) is 12.7 Å². The fourth-order valence-electron chi connectivity index (χ4n) is 6.68. The normalized spacial score (nSPS) is 23.0. The van der Waals surface area contributed by atoms with E-state index in [1.165, 1.54) is 16.1 Å². The van der Waals surface area contributed by atoms with Crippen LogP contribution in [0.4, 0.5) is 0 Å². The minimum atomic E-state index is -3.45. The molecule has 43 heavy (non-hydrogen) atoms. The Morgan fingerprint density at radius 2 is 1.84 bits per heavy atom. The molecule has 2 aromatic rings. The van der Waals surface area contributed by atoms with Crippen LogP contribution in [-0.2, 0) is 32.6 Å². The Bertz CT molecular complexity index is 1350. The SMILES string of the molecule is CS(=O)(=O)N1CCN(Cc2cccnc2)CC(C(=O)N2CCC3(CCCCc4ccccc4OCCCNC3=O)CC2)C1. The quantitative estimate of drug-likeness (QED) is 0.566. The second-order valence-corrected chi connectivity index (χ2v) is 14.3. The summed E-state index contributed by atoms with van der Waals surface area (Å²) in [7, 11) is -3.45. The molecule has 0 saturated carbocycles. The van der Waals surface area contributed by atoms with Gasteiger partial charge in [-0.3, -0.25) is 19.5 Å². The number of sulfonamides is 1. The third-order valence-electron chi connectivity index (χ3n) is 9.22. The summed E-state index contributed by atoms with van der Waals surface area (Å²) >= 11 is 0. The van der Waals surface area contributed by atoms with Crippen molar-refractivity contribution in [2.45, 2.75) is 51.5 Å². The van der Waals surface area contributed by atoms with Crippen molar-refractivity contribution in [3.63, 3.8) is 0 Å². The highest BCUT2D eigenvalue weighted by atomic mass is 32.2. The zero-order valence-corrected chi connectivity index (χ0v) is 26.1. The van der Waals surface area contributed by atoms with Crippen LogP contribution in [0.1, 0.15) is 49.7 Å². The largest absolute Gasteiger partial charge is 0.493 e. The first-order valence-electron chi connectivity index (χ1n) is 15.6. The molecule has 3 aliphatic rings. The number of fused-ring (bicyclic) bond motifs is 1. The first kappa shape index (κ1) is 31.4. The van der Waals surface area contributed by atoms with Gasteiger partial charge in [-0.1, -0.05) is 30.7 Å². The molecule has 2 amide bonds. The fraction of sp³-hybridized carbons (Fsp3) is 0.594. The van der Waals surface area contributed by atoms with Crippen LogP contribution in [0.5, 0.6) is 5.75 Å². The van der Waals surface area contributed by atoms with Crippen molar-refractivity contribution in [2.75, 3.05) is 58.7 Å². The number of nitrogens with zero attached hydrogens (tertiary/aromatic N) is 4. The molecule has 1 aromatic carbocycles. The Balaban J connectivity index is 1.25. The maximum absolute atomic E-state index is 13.9. The molecule has 1 spiro atoms. The number of piperidine rings is 1. The lowest BCUT2D eigenvalue weighted by atomic mass is 9.73. The number of hydrogen-bond acceptors (Lipinski definition) is 7. The van der Waals surface area contributed by atoms with Crippen LogP contribution in [0, 0.1) is 11.3 Å². The van der Waals surface area contributed by atoms with Crippen LogP contribution < -0.4 is 10.1 Å². The van der Waals surface area contributed by atoms with E-state index < -0.39 is 21.4 Å². The van der Waals surface area contributed by atoms with Gasteiger partial charge in [0.05, 0.1) is 24.2 Å². The molecule has 0 bridgehead atoms. The van der Waals surface area contributed by atoms with Crippen molar-refractivity contribution >= 4 is 21.8 Å². The second-order valence-electron chi connectivity index (χ2n) is 12.3. The summed E-state index contributed by atoms with van der Waals surface area (Å²) in [5.41, 5.74) is 1.74. The lowest BCUT2D eigenvalue weighted by Gasteiger charge is -2.42. The predicted molar refractivity (Wildman–Crippen MR) is 165 cm³/mol. The van der Waals surface area contributed by atoms with Crippen molar-refractivity contribution in [3.05, 3.63) is 59.9 Å². The summed E-state index contributed by atoms with van der Waals surface area (Å²) < 4.78 is 32.6. The summed E-state index contributed by atoms with van der Waals surface area (Å²) in [4.78, 5) is 35.7. The number of ether oxygens (including phenoxy) is 1. The van der Waals surface area contributed by atoms with Crippen molar-refractivity contribution in [1.29, 1.82) is 0 Å². The van der Waals surface area contributed by atoms with Gasteiger partial charge >= 0.3 is 0 Å². The van der Waals surface area contributed by atoms with Crippen LogP contribution in [0.15, 0.2) is 48.8 Å². The standard InChI is InChI=1S/C32H45N5O5S/c1-43(40,41)37-20-19-35(23-26-8-6-15-33-22-26)24-28(25-37)30(38)36-17-13-32(14-18-36)12-5-4-10-27-9-2-3-11-29(27)42-21-7-16-34-31(32)39/h2-3,6,8-9,11,15,22,28H,4-5,7,10,12-14,16-21,23-25H2,1H3,(H,34,39). The average Bonchev–Trinajstić information content (AvgIpc) is 3.22. The van der Waals surface area contributed by atoms with Gasteiger partial charge in [-0.05, 0) is 61.8 Å².